The molecule has 1 fully saturated rings. The Morgan fingerprint density at radius 3 is 2.80 bits per heavy atom. The number of halogens is 1. The second-order valence-electron chi connectivity index (χ2n) is 5.52. The first-order valence-corrected chi connectivity index (χ1v) is 6.34. The minimum Gasteiger partial charge on any atom is -0.353 e. The molecule has 0 heterocycles. The number of hydrogen-bond acceptors (Lipinski definition) is 1. The Bertz CT molecular complexity index is 228. The van der Waals surface area contributed by atoms with Crippen LogP contribution in [-0.2, 0) is 4.79 Å². The summed E-state index contributed by atoms with van der Waals surface area (Å²) >= 11 is 5.66. The van der Waals surface area contributed by atoms with Gasteiger partial charge in [-0.1, -0.05) is 27.2 Å². The molecule has 0 aromatic carbocycles. The van der Waals surface area contributed by atoms with Crippen molar-refractivity contribution in [2.24, 2.45) is 11.3 Å². The van der Waals surface area contributed by atoms with Gasteiger partial charge < -0.3 is 5.32 Å². The first-order chi connectivity index (χ1) is 6.94. The molecular formula is C12H22ClNO. The van der Waals surface area contributed by atoms with E-state index >= 15 is 0 Å². The van der Waals surface area contributed by atoms with Crippen LogP contribution in [0.1, 0.15) is 46.5 Å². The average molecular weight is 232 g/mol. The summed E-state index contributed by atoms with van der Waals surface area (Å²) in [7, 11) is 0. The van der Waals surface area contributed by atoms with E-state index < -0.39 is 0 Å². The summed E-state index contributed by atoms with van der Waals surface area (Å²) in [6, 6.07) is 0.354. The summed E-state index contributed by atoms with van der Waals surface area (Å²) in [6.45, 7) is 6.42. The third kappa shape index (κ3) is 4.02. The van der Waals surface area contributed by atoms with E-state index in [2.05, 4.69) is 19.2 Å². The third-order valence-corrected chi connectivity index (χ3v) is 3.69. The van der Waals surface area contributed by atoms with Gasteiger partial charge in [0.1, 0.15) is 0 Å². The van der Waals surface area contributed by atoms with Gasteiger partial charge in [-0.2, -0.15) is 0 Å². The lowest BCUT2D eigenvalue weighted by Gasteiger charge is -2.35. The van der Waals surface area contributed by atoms with Crippen LogP contribution >= 0.6 is 11.6 Å². The SMILES string of the molecule is CC(CCl)C(=O)NC1CCCC(C)(C)C1. The highest BCUT2D eigenvalue weighted by molar-refractivity contribution is 6.19. The highest BCUT2D eigenvalue weighted by atomic mass is 35.5. The van der Waals surface area contributed by atoms with E-state index in [4.69, 9.17) is 11.6 Å². The molecule has 1 aliphatic rings. The van der Waals surface area contributed by atoms with Crippen LogP contribution in [0.2, 0.25) is 0 Å². The Labute approximate surface area is 97.8 Å². The molecule has 3 heteroatoms. The van der Waals surface area contributed by atoms with Gasteiger partial charge in [0.2, 0.25) is 5.91 Å². The molecule has 0 radical (unpaired) electrons. The largest absolute Gasteiger partial charge is 0.353 e. The van der Waals surface area contributed by atoms with Gasteiger partial charge in [-0.3, -0.25) is 4.79 Å². The maximum Gasteiger partial charge on any atom is 0.224 e. The van der Waals surface area contributed by atoms with Crippen LogP contribution in [0.4, 0.5) is 0 Å². The molecule has 2 atom stereocenters. The summed E-state index contributed by atoms with van der Waals surface area (Å²) in [5.41, 5.74) is 0.375. The predicted octanol–water partition coefficient (Wildman–Crippen LogP) is 2.95. The second-order valence-corrected chi connectivity index (χ2v) is 5.83. The van der Waals surface area contributed by atoms with Crippen molar-refractivity contribution < 1.29 is 4.79 Å². The summed E-state index contributed by atoms with van der Waals surface area (Å²) in [6.07, 6.45) is 4.69. The Kier molecular flexibility index (Phi) is 4.45. The zero-order valence-corrected chi connectivity index (χ0v) is 10.7. The van der Waals surface area contributed by atoms with Gasteiger partial charge in [0.25, 0.3) is 0 Å². The van der Waals surface area contributed by atoms with E-state index in [1.807, 2.05) is 6.92 Å². The van der Waals surface area contributed by atoms with E-state index in [1.165, 1.54) is 12.8 Å². The Hall–Kier alpha value is -0.240. The predicted molar refractivity (Wildman–Crippen MR) is 64.1 cm³/mol. The highest BCUT2D eigenvalue weighted by Gasteiger charge is 2.29. The maximum absolute atomic E-state index is 11.7. The quantitative estimate of drug-likeness (QED) is 0.744. The van der Waals surface area contributed by atoms with Crippen molar-refractivity contribution in [3.05, 3.63) is 0 Å². The monoisotopic (exact) mass is 231 g/mol. The number of carbonyl (C=O) groups is 1. The van der Waals surface area contributed by atoms with Crippen molar-refractivity contribution in [3.8, 4) is 0 Å². The molecule has 1 N–H and O–H groups in total. The fourth-order valence-electron chi connectivity index (χ4n) is 2.23. The van der Waals surface area contributed by atoms with Gasteiger partial charge in [0, 0.05) is 17.8 Å². The fraction of sp³-hybridized carbons (Fsp3) is 0.917. The van der Waals surface area contributed by atoms with E-state index in [-0.39, 0.29) is 11.8 Å². The number of amides is 1. The normalized spacial score (nSPS) is 27.1. The second kappa shape index (κ2) is 5.20. The molecule has 2 unspecified atom stereocenters. The molecule has 0 bridgehead atoms. The van der Waals surface area contributed by atoms with Crippen molar-refractivity contribution in [1.82, 2.24) is 5.32 Å². The van der Waals surface area contributed by atoms with Gasteiger partial charge in [-0.05, 0) is 24.7 Å². The van der Waals surface area contributed by atoms with Crippen molar-refractivity contribution >= 4 is 17.5 Å². The first-order valence-electron chi connectivity index (χ1n) is 5.81. The number of rotatable bonds is 3. The number of alkyl halides is 1. The van der Waals surface area contributed by atoms with E-state index in [9.17, 15) is 4.79 Å². The lowest BCUT2D eigenvalue weighted by atomic mass is 9.75. The van der Waals surface area contributed by atoms with Crippen LogP contribution in [-0.4, -0.2) is 17.8 Å². The molecule has 0 aromatic rings. The lowest BCUT2D eigenvalue weighted by Crippen LogP contribution is -2.43. The molecule has 0 saturated heterocycles. The van der Waals surface area contributed by atoms with Crippen molar-refractivity contribution in [1.29, 1.82) is 0 Å². The van der Waals surface area contributed by atoms with Crippen LogP contribution in [0.3, 0.4) is 0 Å². The zero-order chi connectivity index (χ0) is 11.5. The van der Waals surface area contributed by atoms with E-state index in [0.29, 0.717) is 17.3 Å². The van der Waals surface area contributed by atoms with Gasteiger partial charge in [-0.15, -0.1) is 11.6 Å². The standard InChI is InChI=1S/C12H22ClNO/c1-9(8-13)11(15)14-10-5-4-6-12(2,3)7-10/h9-10H,4-8H2,1-3H3,(H,14,15). The van der Waals surface area contributed by atoms with Gasteiger partial charge in [0.15, 0.2) is 0 Å². The van der Waals surface area contributed by atoms with Crippen LogP contribution in [0, 0.1) is 11.3 Å². The Morgan fingerprint density at radius 2 is 2.27 bits per heavy atom. The van der Waals surface area contributed by atoms with E-state index in [1.54, 1.807) is 0 Å². The van der Waals surface area contributed by atoms with Gasteiger partial charge >= 0.3 is 0 Å². The van der Waals surface area contributed by atoms with Crippen LogP contribution in [0.15, 0.2) is 0 Å². The molecule has 88 valence electrons. The number of carbonyl (C=O) groups excluding carboxylic acids is 1. The average Bonchev–Trinajstić information content (AvgIpc) is 2.14. The summed E-state index contributed by atoms with van der Waals surface area (Å²) < 4.78 is 0. The number of hydrogen-bond donors (Lipinski definition) is 1. The molecule has 1 aliphatic carbocycles. The molecule has 0 aliphatic heterocycles. The molecule has 1 saturated carbocycles. The van der Waals surface area contributed by atoms with Gasteiger partial charge in [-0.25, -0.2) is 0 Å². The first kappa shape index (κ1) is 12.8. The highest BCUT2D eigenvalue weighted by Crippen LogP contribution is 2.35. The Morgan fingerprint density at radius 1 is 1.60 bits per heavy atom. The molecular weight excluding hydrogens is 210 g/mol. The van der Waals surface area contributed by atoms with Crippen LogP contribution < -0.4 is 5.32 Å². The fourth-order valence-corrected chi connectivity index (χ4v) is 2.38. The summed E-state index contributed by atoms with van der Waals surface area (Å²) in [5, 5.41) is 3.10. The molecule has 2 nitrogen and oxygen atoms in total. The van der Waals surface area contributed by atoms with Crippen molar-refractivity contribution in [2.75, 3.05) is 5.88 Å². The zero-order valence-electron chi connectivity index (χ0n) is 9.98. The van der Waals surface area contributed by atoms with E-state index in [0.717, 1.165) is 12.8 Å². The topological polar surface area (TPSA) is 29.1 Å². The molecule has 1 amide bonds. The molecule has 15 heavy (non-hydrogen) atoms. The maximum atomic E-state index is 11.7. The third-order valence-electron chi connectivity index (χ3n) is 3.23. The molecule has 0 aromatic heterocycles. The minimum absolute atomic E-state index is 0.0725. The number of nitrogens with one attached hydrogen (secondary N) is 1. The van der Waals surface area contributed by atoms with Crippen molar-refractivity contribution in [3.63, 3.8) is 0 Å². The van der Waals surface area contributed by atoms with Gasteiger partial charge in [0.05, 0.1) is 0 Å². The van der Waals surface area contributed by atoms with Crippen LogP contribution in [0.25, 0.3) is 0 Å². The van der Waals surface area contributed by atoms with Crippen LogP contribution in [0.5, 0.6) is 0 Å². The summed E-state index contributed by atoms with van der Waals surface area (Å²) in [5.74, 6) is 0.437. The minimum atomic E-state index is -0.0725. The lowest BCUT2D eigenvalue weighted by molar-refractivity contribution is -0.125. The molecule has 1 rings (SSSR count). The summed E-state index contributed by atoms with van der Waals surface area (Å²) in [4.78, 5) is 11.7. The van der Waals surface area contributed by atoms with Crippen molar-refractivity contribution in [2.45, 2.75) is 52.5 Å². The smallest absolute Gasteiger partial charge is 0.224 e. The Balaban J connectivity index is 2.41. The molecule has 0 spiro atoms.